The molecule has 0 saturated heterocycles. The predicted octanol–water partition coefficient (Wildman–Crippen LogP) is 2.85. The Hall–Kier alpha value is -2.34. The zero-order chi connectivity index (χ0) is 16.1. The van der Waals surface area contributed by atoms with Gasteiger partial charge in [-0.3, -0.25) is 4.90 Å². The molecular formula is C16H18FNO4. The Morgan fingerprint density at radius 3 is 2.68 bits per heavy atom. The molecular weight excluding hydrogens is 289 g/mol. The molecule has 0 radical (unpaired) electrons. The number of hydrogen-bond acceptors (Lipinski definition) is 5. The molecule has 0 aliphatic carbocycles. The van der Waals surface area contributed by atoms with E-state index < -0.39 is 11.8 Å². The van der Waals surface area contributed by atoms with Gasteiger partial charge in [-0.05, 0) is 30.8 Å². The quantitative estimate of drug-likeness (QED) is 0.768. The van der Waals surface area contributed by atoms with Gasteiger partial charge in [0.05, 0.1) is 20.5 Å². The topological polar surface area (TPSA) is 51.9 Å². The second kappa shape index (κ2) is 7.09. The van der Waals surface area contributed by atoms with Crippen molar-refractivity contribution in [1.29, 1.82) is 0 Å². The van der Waals surface area contributed by atoms with Crippen LogP contribution in [0.2, 0.25) is 0 Å². The van der Waals surface area contributed by atoms with E-state index in [1.54, 1.807) is 18.2 Å². The molecule has 0 spiro atoms. The average molecular weight is 307 g/mol. The molecule has 6 heteroatoms. The zero-order valence-corrected chi connectivity index (χ0v) is 12.8. The highest BCUT2D eigenvalue weighted by molar-refractivity contribution is 5.87. The first-order valence-electron chi connectivity index (χ1n) is 6.70. The van der Waals surface area contributed by atoms with Crippen LogP contribution in [0, 0.1) is 5.82 Å². The van der Waals surface area contributed by atoms with Gasteiger partial charge in [-0.2, -0.15) is 0 Å². The summed E-state index contributed by atoms with van der Waals surface area (Å²) >= 11 is 0. The van der Waals surface area contributed by atoms with E-state index in [1.165, 1.54) is 26.5 Å². The molecule has 0 aliphatic heterocycles. The Bertz CT molecular complexity index is 653. The van der Waals surface area contributed by atoms with E-state index in [0.717, 1.165) is 11.1 Å². The highest BCUT2D eigenvalue weighted by atomic mass is 19.1. The summed E-state index contributed by atoms with van der Waals surface area (Å²) in [6, 6.07) is 6.55. The van der Waals surface area contributed by atoms with E-state index in [2.05, 4.69) is 4.74 Å². The number of hydrogen-bond donors (Lipinski definition) is 0. The second-order valence-corrected chi connectivity index (χ2v) is 4.91. The van der Waals surface area contributed by atoms with Crippen LogP contribution < -0.4 is 4.74 Å². The maximum absolute atomic E-state index is 13.7. The van der Waals surface area contributed by atoms with E-state index in [0.29, 0.717) is 13.1 Å². The number of furan rings is 1. The summed E-state index contributed by atoms with van der Waals surface area (Å²) in [7, 11) is 4.60. The van der Waals surface area contributed by atoms with Crippen molar-refractivity contribution >= 4 is 5.97 Å². The lowest BCUT2D eigenvalue weighted by Gasteiger charge is -2.16. The van der Waals surface area contributed by atoms with Crippen molar-refractivity contribution in [3.05, 3.63) is 53.2 Å². The maximum atomic E-state index is 13.7. The third kappa shape index (κ3) is 3.65. The summed E-state index contributed by atoms with van der Waals surface area (Å²) in [6.45, 7) is 1.00. The number of carbonyl (C=O) groups is 1. The van der Waals surface area contributed by atoms with Crippen molar-refractivity contribution in [2.75, 3.05) is 21.3 Å². The van der Waals surface area contributed by atoms with Crippen molar-refractivity contribution in [3.63, 3.8) is 0 Å². The van der Waals surface area contributed by atoms with E-state index >= 15 is 0 Å². The highest BCUT2D eigenvalue weighted by Gasteiger charge is 2.17. The van der Waals surface area contributed by atoms with E-state index in [4.69, 9.17) is 9.15 Å². The number of esters is 1. The number of carbonyl (C=O) groups excluding carboxylic acids is 1. The first kappa shape index (κ1) is 16.0. The summed E-state index contributed by atoms with van der Waals surface area (Å²) in [4.78, 5) is 13.5. The molecule has 118 valence electrons. The third-order valence-corrected chi connectivity index (χ3v) is 3.23. The molecule has 0 fully saturated rings. The molecule has 0 atom stereocenters. The van der Waals surface area contributed by atoms with Crippen LogP contribution in [0.15, 0.2) is 34.9 Å². The minimum atomic E-state index is -0.510. The molecule has 1 aromatic heterocycles. The van der Waals surface area contributed by atoms with Crippen LogP contribution in [0.4, 0.5) is 4.39 Å². The van der Waals surface area contributed by atoms with E-state index in [9.17, 15) is 9.18 Å². The van der Waals surface area contributed by atoms with Crippen molar-refractivity contribution in [2.24, 2.45) is 0 Å². The summed E-state index contributed by atoms with van der Waals surface area (Å²) < 4.78 is 28.4. The van der Waals surface area contributed by atoms with Crippen LogP contribution in [0.3, 0.4) is 0 Å². The Balaban J connectivity index is 2.04. The molecule has 0 saturated carbocycles. The number of ether oxygens (including phenoxy) is 2. The lowest BCUT2D eigenvalue weighted by atomic mass is 10.1. The number of nitrogens with zero attached hydrogens (tertiary/aromatic N) is 1. The summed E-state index contributed by atoms with van der Waals surface area (Å²) in [5.74, 6) is -0.500. The van der Waals surface area contributed by atoms with Gasteiger partial charge in [0.1, 0.15) is 0 Å². The molecule has 1 aromatic carbocycles. The van der Waals surface area contributed by atoms with Crippen molar-refractivity contribution in [2.45, 2.75) is 13.1 Å². The fraction of sp³-hybridized carbons (Fsp3) is 0.312. The molecule has 0 unspecified atom stereocenters. The van der Waals surface area contributed by atoms with Crippen LogP contribution in [-0.2, 0) is 17.8 Å². The van der Waals surface area contributed by atoms with Crippen LogP contribution in [0.1, 0.15) is 21.7 Å². The number of methoxy groups -OCH3 is 2. The predicted molar refractivity (Wildman–Crippen MR) is 78.2 cm³/mol. The molecule has 2 rings (SSSR count). The maximum Gasteiger partial charge on any atom is 0.374 e. The van der Waals surface area contributed by atoms with E-state index in [-0.39, 0.29) is 11.5 Å². The fourth-order valence-corrected chi connectivity index (χ4v) is 2.20. The summed E-state index contributed by atoms with van der Waals surface area (Å²) in [5.41, 5.74) is 1.53. The van der Waals surface area contributed by atoms with Gasteiger partial charge in [0, 0.05) is 18.7 Å². The first-order valence-corrected chi connectivity index (χ1v) is 6.70. The molecule has 2 aromatic rings. The lowest BCUT2D eigenvalue weighted by Crippen LogP contribution is -2.18. The van der Waals surface area contributed by atoms with Crippen LogP contribution in [0.5, 0.6) is 5.75 Å². The molecule has 1 heterocycles. The van der Waals surface area contributed by atoms with Crippen LogP contribution in [0.25, 0.3) is 0 Å². The van der Waals surface area contributed by atoms with Gasteiger partial charge in [0.15, 0.2) is 11.6 Å². The Kier molecular flexibility index (Phi) is 5.16. The summed E-state index contributed by atoms with van der Waals surface area (Å²) in [6.07, 6.45) is 1.45. The van der Waals surface area contributed by atoms with Gasteiger partial charge in [-0.15, -0.1) is 0 Å². The lowest BCUT2D eigenvalue weighted by molar-refractivity contribution is 0.0562. The molecule has 0 amide bonds. The summed E-state index contributed by atoms with van der Waals surface area (Å²) in [5, 5.41) is 0. The minimum absolute atomic E-state index is 0.190. The molecule has 0 aliphatic rings. The molecule has 5 nitrogen and oxygen atoms in total. The standard InChI is InChI=1S/C16H18FNO4/c1-18(9-11-4-5-14(20-2)13(17)8-11)10-12-6-7-22-15(12)16(19)21-3/h4-8H,9-10H2,1-3H3. The van der Waals surface area contributed by atoms with Crippen molar-refractivity contribution < 1.29 is 23.1 Å². The van der Waals surface area contributed by atoms with Crippen LogP contribution in [-0.4, -0.2) is 32.1 Å². The molecule has 0 N–H and O–H groups in total. The van der Waals surface area contributed by atoms with Gasteiger partial charge in [-0.25, -0.2) is 9.18 Å². The van der Waals surface area contributed by atoms with Crippen LogP contribution >= 0.6 is 0 Å². The highest BCUT2D eigenvalue weighted by Crippen LogP contribution is 2.20. The van der Waals surface area contributed by atoms with E-state index in [1.807, 2.05) is 11.9 Å². The van der Waals surface area contributed by atoms with Gasteiger partial charge in [0.25, 0.3) is 0 Å². The number of benzene rings is 1. The third-order valence-electron chi connectivity index (χ3n) is 3.23. The largest absolute Gasteiger partial charge is 0.494 e. The second-order valence-electron chi connectivity index (χ2n) is 4.91. The normalized spacial score (nSPS) is 10.8. The number of halogens is 1. The molecule has 0 bridgehead atoms. The molecule has 22 heavy (non-hydrogen) atoms. The van der Waals surface area contributed by atoms with Gasteiger partial charge in [-0.1, -0.05) is 6.07 Å². The monoisotopic (exact) mass is 307 g/mol. The Labute approximate surface area is 128 Å². The Morgan fingerprint density at radius 2 is 2.05 bits per heavy atom. The number of rotatable bonds is 6. The zero-order valence-electron chi connectivity index (χ0n) is 12.8. The first-order chi connectivity index (χ1) is 10.5. The smallest absolute Gasteiger partial charge is 0.374 e. The van der Waals surface area contributed by atoms with Crippen molar-refractivity contribution in [1.82, 2.24) is 4.90 Å². The SMILES string of the molecule is COC(=O)c1occc1CN(C)Cc1ccc(OC)c(F)c1. The van der Waals surface area contributed by atoms with Gasteiger partial charge >= 0.3 is 5.97 Å². The Morgan fingerprint density at radius 1 is 1.27 bits per heavy atom. The van der Waals surface area contributed by atoms with Gasteiger partial charge in [0.2, 0.25) is 5.76 Å². The fourth-order valence-electron chi connectivity index (χ4n) is 2.20. The average Bonchev–Trinajstić information content (AvgIpc) is 2.94. The minimum Gasteiger partial charge on any atom is -0.494 e. The van der Waals surface area contributed by atoms with Crippen molar-refractivity contribution in [3.8, 4) is 5.75 Å². The van der Waals surface area contributed by atoms with Gasteiger partial charge < -0.3 is 13.9 Å².